The number of nitrogens with zero attached hydrogens (tertiary/aromatic N) is 1. The van der Waals surface area contributed by atoms with Gasteiger partial charge in [0.05, 0.1) is 0 Å². The first kappa shape index (κ1) is 14.0. The van der Waals surface area contributed by atoms with Gasteiger partial charge < -0.3 is 9.64 Å². The highest BCUT2D eigenvalue weighted by atomic mass is 35.5. The molecule has 0 radical (unpaired) electrons. The van der Waals surface area contributed by atoms with E-state index in [0.29, 0.717) is 10.8 Å². The van der Waals surface area contributed by atoms with Crippen molar-refractivity contribution in [3.63, 3.8) is 0 Å². The number of hydrogen-bond acceptors (Lipinski definition) is 2. The van der Waals surface area contributed by atoms with Crippen LogP contribution in [0.5, 0.6) is 5.75 Å². The molecule has 0 spiro atoms. The van der Waals surface area contributed by atoms with Crippen LogP contribution in [0.1, 0.15) is 12.5 Å². The molecule has 3 nitrogen and oxygen atoms in total. The summed E-state index contributed by atoms with van der Waals surface area (Å²) in [6.07, 6.45) is 0.892. The predicted octanol–water partition coefficient (Wildman–Crippen LogP) is 3.70. The first-order valence-electron chi connectivity index (χ1n) is 6.93. The molecule has 0 aliphatic carbocycles. The van der Waals surface area contributed by atoms with E-state index in [2.05, 4.69) is 13.0 Å². The van der Waals surface area contributed by atoms with Gasteiger partial charge in [0, 0.05) is 16.8 Å². The van der Waals surface area contributed by atoms with Crippen LogP contribution in [0.15, 0.2) is 48.5 Å². The van der Waals surface area contributed by atoms with Gasteiger partial charge in [-0.3, -0.25) is 4.79 Å². The maximum absolute atomic E-state index is 12.4. The van der Waals surface area contributed by atoms with Gasteiger partial charge in [-0.25, -0.2) is 0 Å². The highest BCUT2D eigenvalue weighted by molar-refractivity contribution is 6.30. The van der Waals surface area contributed by atoms with E-state index in [1.54, 1.807) is 24.3 Å². The second kappa shape index (κ2) is 5.78. The lowest BCUT2D eigenvalue weighted by Gasteiger charge is -2.22. The van der Waals surface area contributed by atoms with Crippen molar-refractivity contribution in [3.8, 4) is 5.75 Å². The number of amides is 1. The van der Waals surface area contributed by atoms with Crippen molar-refractivity contribution < 1.29 is 9.53 Å². The Balaban J connectivity index is 1.70. The summed E-state index contributed by atoms with van der Waals surface area (Å²) in [6, 6.07) is 15.2. The number of carbonyl (C=O) groups is 1. The molecule has 21 heavy (non-hydrogen) atoms. The summed E-state index contributed by atoms with van der Waals surface area (Å²) in [6.45, 7) is 2.08. The Morgan fingerprint density at radius 1 is 1.24 bits per heavy atom. The Labute approximate surface area is 129 Å². The third-order valence-electron chi connectivity index (χ3n) is 3.65. The summed E-state index contributed by atoms with van der Waals surface area (Å²) in [5, 5.41) is 0.649. The van der Waals surface area contributed by atoms with Crippen LogP contribution >= 0.6 is 11.6 Å². The second-order valence-electron chi connectivity index (χ2n) is 5.19. The number of fused-ring (bicyclic) bond motifs is 1. The van der Waals surface area contributed by atoms with Crippen molar-refractivity contribution in [1.29, 1.82) is 0 Å². The molecular formula is C17H16ClNO2. The number of para-hydroxylation sites is 1. The third-order valence-corrected chi connectivity index (χ3v) is 3.90. The summed E-state index contributed by atoms with van der Waals surface area (Å²) >= 11 is 5.82. The molecule has 1 aliphatic rings. The SMILES string of the molecule is CC1Cc2ccccc2N1C(=O)COc1ccc(Cl)cc1. The van der Waals surface area contributed by atoms with Crippen molar-refractivity contribution >= 4 is 23.2 Å². The first-order chi connectivity index (χ1) is 10.1. The molecule has 1 heterocycles. The number of carbonyl (C=O) groups excluding carboxylic acids is 1. The van der Waals surface area contributed by atoms with Crippen molar-refractivity contribution in [2.75, 3.05) is 11.5 Å². The molecule has 3 rings (SSSR count). The van der Waals surface area contributed by atoms with Crippen LogP contribution in [0.2, 0.25) is 5.02 Å². The average molecular weight is 302 g/mol. The molecule has 1 aliphatic heterocycles. The lowest BCUT2D eigenvalue weighted by molar-refractivity contribution is -0.120. The molecule has 0 bridgehead atoms. The van der Waals surface area contributed by atoms with Gasteiger partial charge in [-0.2, -0.15) is 0 Å². The standard InChI is InChI=1S/C17H16ClNO2/c1-12-10-13-4-2-3-5-16(13)19(12)17(20)11-21-15-8-6-14(18)7-9-15/h2-9,12H,10-11H2,1H3. The third kappa shape index (κ3) is 2.88. The molecule has 108 valence electrons. The number of anilines is 1. The minimum atomic E-state index is -0.0256. The van der Waals surface area contributed by atoms with Crippen LogP contribution in [0.3, 0.4) is 0 Å². The lowest BCUT2D eigenvalue weighted by Crippen LogP contribution is -2.39. The smallest absolute Gasteiger partial charge is 0.265 e. The van der Waals surface area contributed by atoms with Gasteiger partial charge in [0.25, 0.3) is 5.91 Å². The Kier molecular flexibility index (Phi) is 3.84. The zero-order chi connectivity index (χ0) is 14.8. The van der Waals surface area contributed by atoms with Crippen LogP contribution < -0.4 is 9.64 Å². The highest BCUT2D eigenvalue weighted by Crippen LogP contribution is 2.31. The normalized spacial score (nSPS) is 16.7. The highest BCUT2D eigenvalue weighted by Gasteiger charge is 2.30. The van der Waals surface area contributed by atoms with Gasteiger partial charge in [-0.1, -0.05) is 29.8 Å². The summed E-state index contributed by atoms with van der Waals surface area (Å²) in [5.74, 6) is 0.621. The van der Waals surface area contributed by atoms with E-state index in [9.17, 15) is 4.79 Å². The molecule has 2 aromatic carbocycles. The van der Waals surface area contributed by atoms with Crippen molar-refractivity contribution in [2.45, 2.75) is 19.4 Å². The van der Waals surface area contributed by atoms with E-state index >= 15 is 0 Å². The maximum Gasteiger partial charge on any atom is 0.265 e. The zero-order valence-electron chi connectivity index (χ0n) is 11.8. The molecular weight excluding hydrogens is 286 g/mol. The van der Waals surface area contributed by atoms with Gasteiger partial charge in [0.2, 0.25) is 0 Å². The molecule has 0 saturated carbocycles. The lowest BCUT2D eigenvalue weighted by atomic mass is 10.1. The molecule has 0 saturated heterocycles. The van der Waals surface area contributed by atoms with E-state index < -0.39 is 0 Å². The molecule has 0 aromatic heterocycles. The minimum Gasteiger partial charge on any atom is -0.484 e. The van der Waals surface area contributed by atoms with Crippen molar-refractivity contribution in [3.05, 3.63) is 59.1 Å². The van der Waals surface area contributed by atoms with Crippen LogP contribution in [-0.2, 0) is 11.2 Å². The fourth-order valence-electron chi connectivity index (χ4n) is 2.69. The minimum absolute atomic E-state index is 0.0256. The summed E-state index contributed by atoms with van der Waals surface area (Å²) in [7, 11) is 0. The average Bonchev–Trinajstić information content (AvgIpc) is 2.82. The largest absolute Gasteiger partial charge is 0.484 e. The molecule has 1 amide bonds. The van der Waals surface area contributed by atoms with Gasteiger partial charge in [-0.05, 0) is 49.2 Å². The second-order valence-corrected chi connectivity index (χ2v) is 5.62. The molecule has 0 N–H and O–H groups in total. The van der Waals surface area contributed by atoms with Crippen molar-refractivity contribution in [1.82, 2.24) is 0 Å². The van der Waals surface area contributed by atoms with Gasteiger partial charge in [0.1, 0.15) is 5.75 Å². The van der Waals surface area contributed by atoms with E-state index in [0.717, 1.165) is 12.1 Å². The summed E-state index contributed by atoms with van der Waals surface area (Å²) in [5.41, 5.74) is 2.21. The monoisotopic (exact) mass is 301 g/mol. The van der Waals surface area contributed by atoms with E-state index in [4.69, 9.17) is 16.3 Å². The summed E-state index contributed by atoms with van der Waals surface area (Å²) in [4.78, 5) is 14.3. The number of hydrogen-bond donors (Lipinski definition) is 0. The maximum atomic E-state index is 12.4. The quantitative estimate of drug-likeness (QED) is 0.865. The summed E-state index contributed by atoms with van der Waals surface area (Å²) < 4.78 is 5.55. The Morgan fingerprint density at radius 2 is 1.95 bits per heavy atom. The topological polar surface area (TPSA) is 29.5 Å². The predicted molar refractivity (Wildman–Crippen MR) is 84.0 cm³/mol. The fourth-order valence-corrected chi connectivity index (χ4v) is 2.82. The van der Waals surface area contributed by atoms with E-state index in [1.165, 1.54) is 5.56 Å². The van der Waals surface area contributed by atoms with E-state index in [-0.39, 0.29) is 18.6 Å². The van der Waals surface area contributed by atoms with Crippen LogP contribution in [0, 0.1) is 0 Å². The molecule has 1 atom stereocenters. The Bertz CT molecular complexity index is 654. The first-order valence-corrected chi connectivity index (χ1v) is 7.31. The number of benzene rings is 2. The number of halogens is 1. The van der Waals surface area contributed by atoms with Crippen LogP contribution in [0.4, 0.5) is 5.69 Å². The van der Waals surface area contributed by atoms with Gasteiger partial charge in [-0.15, -0.1) is 0 Å². The van der Waals surface area contributed by atoms with Gasteiger partial charge in [0.15, 0.2) is 6.61 Å². The Hall–Kier alpha value is -2.00. The molecule has 0 fully saturated rings. The molecule has 4 heteroatoms. The molecule has 2 aromatic rings. The van der Waals surface area contributed by atoms with Gasteiger partial charge >= 0.3 is 0 Å². The van der Waals surface area contributed by atoms with Crippen molar-refractivity contribution in [2.24, 2.45) is 0 Å². The zero-order valence-corrected chi connectivity index (χ0v) is 12.5. The van der Waals surface area contributed by atoms with E-state index in [1.807, 2.05) is 23.1 Å². The number of ether oxygens (including phenoxy) is 1. The fraction of sp³-hybridized carbons (Fsp3) is 0.235. The Morgan fingerprint density at radius 3 is 2.71 bits per heavy atom. The van der Waals surface area contributed by atoms with Crippen LogP contribution in [-0.4, -0.2) is 18.6 Å². The number of rotatable bonds is 3. The van der Waals surface area contributed by atoms with Crippen LogP contribution in [0.25, 0.3) is 0 Å². The molecule has 1 unspecified atom stereocenters.